The second kappa shape index (κ2) is 5.91. The Hall–Kier alpha value is -1.77. The van der Waals surface area contributed by atoms with Crippen LogP contribution in [0.3, 0.4) is 0 Å². The van der Waals surface area contributed by atoms with Gasteiger partial charge >= 0.3 is 12.1 Å². The van der Waals surface area contributed by atoms with Gasteiger partial charge in [-0.05, 0) is 19.3 Å². The molecule has 0 bridgehead atoms. The number of aromatic nitrogens is 1. The van der Waals surface area contributed by atoms with Crippen LogP contribution in [0.15, 0.2) is 10.6 Å². The zero-order valence-electron chi connectivity index (χ0n) is 9.85. The van der Waals surface area contributed by atoms with Gasteiger partial charge < -0.3 is 21.1 Å². The van der Waals surface area contributed by atoms with Gasteiger partial charge in [-0.15, -0.1) is 0 Å². The fourth-order valence-electron chi connectivity index (χ4n) is 1.78. The third kappa shape index (κ3) is 4.78. The topological polar surface area (TPSA) is 115 Å². The highest BCUT2D eigenvalue weighted by atomic mass is 19.4. The number of carboxylic acids is 1. The van der Waals surface area contributed by atoms with Crippen LogP contribution >= 0.6 is 0 Å². The zero-order valence-corrected chi connectivity index (χ0v) is 9.85. The van der Waals surface area contributed by atoms with E-state index in [2.05, 4.69) is 5.16 Å². The van der Waals surface area contributed by atoms with Gasteiger partial charge in [0.05, 0.1) is 5.69 Å². The number of hydrogen-bond donors (Lipinski definition) is 3. The molecule has 1 aliphatic rings. The molecule has 0 spiro atoms. The standard InChI is InChI=1S/C8H13N3O.C2HF3O2/c9-6-2-1-5(3-6)7-4-8(10)12-11-7;3-2(4,5)1(6)7/h4-6H,1-3,9-10H2;(H,6,7)/t5-,6+;/m0./s1. The zero-order chi connectivity index (χ0) is 14.6. The fourth-order valence-corrected chi connectivity index (χ4v) is 1.78. The lowest BCUT2D eigenvalue weighted by molar-refractivity contribution is -0.192. The minimum absolute atomic E-state index is 0.327. The van der Waals surface area contributed by atoms with E-state index >= 15 is 0 Å². The van der Waals surface area contributed by atoms with Crippen molar-refractivity contribution in [3.8, 4) is 0 Å². The van der Waals surface area contributed by atoms with Gasteiger partial charge in [-0.1, -0.05) is 5.16 Å². The Morgan fingerprint density at radius 1 is 1.47 bits per heavy atom. The molecule has 1 fully saturated rings. The van der Waals surface area contributed by atoms with Crippen LogP contribution in [0.2, 0.25) is 0 Å². The van der Waals surface area contributed by atoms with Gasteiger partial charge in [-0.3, -0.25) is 0 Å². The van der Waals surface area contributed by atoms with Crippen molar-refractivity contribution in [1.29, 1.82) is 0 Å². The molecular weight excluding hydrogens is 267 g/mol. The molecule has 1 aromatic heterocycles. The van der Waals surface area contributed by atoms with Crippen LogP contribution in [-0.2, 0) is 4.79 Å². The van der Waals surface area contributed by atoms with Crippen molar-refractivity contribution >= 4 is 11.9 Å². The van der Waals surface area contributed by atoms with Crippen molar-refractivity contribution in [2.45, 2.75) is 37.4 Å². The summed E-state index contributed by atoms with van der Waals surface area (Å²) in [6, 6.07) is 2.12. The Bertz CT molecular complexity index is 433. The van der Waals surface area contributed by atoms with Gasteiger partial charge in [0.25, 0.3) is 0 Å². The summed E-state index contributed by atoms with van der Waals surface area (Å²) in [6.45, 7) is 0. The van der Waals surface area contributed by atoms with Crippen LogP contribution in [0, 0.1) is 0 Å². The van der Waals surface area contributed by atoms with Crippen molar-refractivity contribution in [2.75, 3.05) is 5.73 Å². The molecule has 0 aliphatic heterocycles. The minimum Gasteiger partial charge on any atom is -0.475 e. The van der Waals surface area contributed by atoms with Crippen LogP contribution < -0.4 is 11.5 Å². The molecule has 1 aliphatic carbocycles. The van der Waals surface area contributed by atoms with Crippen LogP contribution in [0.1, 0.15) is 30.9 Å². The number of nitrogens with zero attached hydrogens (tertiary/aromatic N) is 1. The van der Waals surface area contributed by atoms with Crippen LogP contribution in [-0.4, -0.2) is 28.5 Å². The number of nitrogen functional groups attached to an aromatic ring is 1. The van der Waals surface area contributed by atoms with Gasteiger partial charge in [0.15, 0.2) is 0 Å². The van der Waals surface area contributed by atoms with Crippen molar-refractivity contribution in [2.24, 2.45) is 5.73 Å². The first-order chi connectivity index (χ1) is 8.70. The van der Waals surface area contributed by atoms with Crippen molar-refractivity contribution < 1.29 is 27.6 Å². The average molecular weight is 281 g/mol. The Morgan fingerprint density at radius 3 is 2.37 bits per heavy atom. The number of anilines is 1. The highest BCUT2D eigenvalue weighted by Crippen LogP contribution is 2.33. The van der Waals surface area contributed by atoms with E-state index in [0.717, 1.165) is 25.0 Å². The molecule has 6 nitrogen and oxygen atoms in total. The molecule has 0 aromatic carbocycles. The summed E-state index contributed by atoms with van der Waals surface area (Å²) in [6.07, 6.45) is -1.89. The largest absolute Gasteiger partial charge is 0.490 e. The molecule has 1 saturated carbocycles. The lowest BCUT2D eigenvalue weighted by Crippen LogP contribution is -2.21. The van der Waals surface area contributed by atoms with Crippen LogP contribution in [0.25, 0.3) is 0 Å². The van der Waals surface area contributed by atoms with Gasteiger partial charge in [0.1, 0.15) is 0 Å². The minimum atomic E-state index is -5.08. The van der Waals surface area contributed by atoms with Gasteiger partial charge in [0.2, 0.25) is 5.88 Å². The molecule has 2 atom stereocenters. The Balaban J connectivity index is 0.000000224. The van der Waals surface area contributed by atoms with E-state index in [4.69, 9.17) is 25.9 Å². The number of nitrogens with two attached hydrogens (primary N) is 2. The summed E-state index contributed by atoms with van der Waals surface area (Å²) in [5.74, 6) is -1.90. The molecule has 0 amide bonds. The first kappa shape index (κ1) is 15.3. The van der Waals surface area contributed by atoms with E-state index in [0.29, 0.717) is 17.8 Å². The number of aliphatic carboxylic acids is 1. The highest BCUT2D eigenvalue weighted by molar-refractivity contribution is 5.73. The molecule has 5 N–H and O–H groups in total. The maximum absolute atomic E-state index is 10.6. The van der Waals surface area contributed by atoms with Crippen LogP contribution in [0.4, 0.5) is 19.1 Å². The van der Waals surface area contributed by atoms with Crippen molar-refractivity contribution in [3.05, 3.63) is 11.8 Å². The van der Waals surface area contributed by atoms with Crippen molar-refractivity contribution in [3.63, 3.8) is 0 Å². The smallest absolute Gasteiger partial charge is 0.475 e. The molecule has 2 rings (SSSR count). The Morgan fingerprint density at radius 2 is 2.05 bits per heavy atom. The maximum atomic E-state index is 10.6. The van der Waals surface area contributed by atoms with Crippen molar-refractivity contribution in [1.82, 2.24) is 5.16 Å². The maximum Gasteiger partial charge on any atom is 0.490 e. The fraction of sp³-hybridized carbons (Fsp3) is 0.600. The molecule has 1 aromatic rings. The number of carboxylic acid groups (broad SMARTS) is 1. The monoisotopic (exact) mass is 281 g/mol. The third-order valence-electron chi connectivity index (χ3n) is 2.68. The Kier molecular flexibility index (Phi) is 4.76. The third-order valence-corrected chi connectivity index (χ3v) is 2.68. The van der Waals surface area contributed by atoms with Crippen LogP contribution in [0.5, 0.6) is 0 Å². The van der Waals surface area contributed by atoms with Gasteiger partial charge in [-0.2, -0.15) is 13.2 Å². The van der Waals surface area contributed by atoms with Gasteiger partial charge in [0, 0.05) is 18.0 Å². The van der Waals surface area contributed by atoms with E-state index in [1.807, 2.05) is 0 Å². The SMILES string of the molecule is Nc1cc([C@H]2CC[C@@H](N)C2)no1.O=C(O)C(F)(F)F. The Labute approximate surface area is 106 Å². The summed E-state index contributed by atoms with van der Waals surface area (Å²) in [5.41, 5.74) is 12.2. The number of halogens is 3. The average Bonchev–Trinajstić information content (AvgIpc) is 2.86. The van der Waals surface area contributed by atoms with E-state index in [1.165, 1.54) is 0 Å². The second-order valence-electron chi connectivity index (χ2n) is 4.23. The lowest BCUT2D eigenvalue weighted by Gasteiger charge is -2.02. The van der Waals surface area contributed by atoms with E-state index in [9.17, 15) is 13.2 Å². The number of rotatable bonds is 1. The highest BCUT2D eigenvalue weighted by Gasteiger charge is 2.38. The quantitative estimate of drug-likeness (QED) is 0.718. The number of carbonyl (C=O) groups is 1. The molecule has 0 unspecified atom stereocenters. The van der Waals surface area contributed by atoms with E-state index in [1.54, 1.807) is 6.07 Å². The summed E-state index contributed by atoms with van der Waals surface area (Å²) in [4.78, 5) is 8.90. The molecule has 19 heavy (non-hydrogen) atoms. The van der Waals surface area contributed by atoms with E-state index < -0.39 is 12.1 Å². The summed E-state index contributed by atoms with van der Waals surface area (Å²) >= 11 is 0. The molecule has 9 heteroatoms. The normalized spacial score (nSPS) is 22.7. The summed E-state index contributed by atoms with van der Waals surface area (Å²) in [7, 11) is 0. The molecule has 0 radical (unpaired) electrons. The molecule has 0 saturated heterocycles. The summed E-state index contributed by atoms with van der Waals surface area (Å²) in [5, 5.41) is 11.0. The first-order valence-electron chi connectivity index (χ1n) is 5.48. The lowest BCUT2D eigenvalue weighted by atomic mass is 10.0. The first-order valence-corrected chi connectivity index (χ1v) is 5.48. The second-order valence-corrected chi connectivity index (χ2v) is 4.23. The molecule has 108 valence electrons. The number of alkyl halides is 3. The predicted octanol–water partition coefficient (Wildman–Crippen LogP) is 1.48. The predicted molar refractivity (Wildman–Crippen MR) is 59.2 cm³/mol. The van der Waals surface area contributed by atoms with Gasteiger partial charge in [-0.25, -0.2) is 4.79 Å². The molecule has 1 heterocycles. The molecular formula is C10H14F3N3O3. The summed E-state index contributed by atoms with van der Waals surface area (Å²) < 4.78 is 36.5. The van der Waals surface area contributed by atoms with E-state index in [-0.39, 0.29) is 0 Å². The number of hydrogen-bond acceptors (Lipinski definition) is 5.